The molecular weight excluding hydrogens is 931 g/mol. The molecule has 1 aromatic heterocycles. The van der Waals surface area contributed by atoms with Crippen molar-refractivity contribution in [3.05, 3.63) is 307 Å². The summed E-state index contributed by atoms with van der Waals surface area (Å²) < 4.78 is 6.56. The monoisotopic (exact) mass is 985 g/mol. The number of fused-ring (bicyclic) bond motifs is 7. The Kier molecular flexibility index (Phi) is 11.0. The van der Waals surface area contributed by atoms with Gasteiger partial charge in [0.05, 0.1) is 16.8 Å². The number of nitrogens with zero attached hydrogens (tertiary/aromatic N) is 1. The number of rotatable bonds is 9. The number of hydrogen-bond donors (Lipinski definition) is 0. The Bertz CT molecular complexity index is 4310. The van der Waals surface area contributed by atoms with E-state index in [4.69, 9.17) is 4.42 Å². The van der Waals surface area contributed by atoms with Crippen LogP contribution in [0, 0.1) is 0 Å². The molecule has 77 heavy (non-hydrogen) atoms. The molecule has 0 radical (unpaired) electrons. The zero-order valence-electron chi connectivity index (χ0n) is 43.4. The zero-order chi connectivity index (χ0) is 51.7. The quantitative estimate of drug-likeness (QED) is 0.143. The summed E-state index contributed by atoms with van der Waals surface area (Å²) in [5.74, 6) is 0. The van der Waals surface area contributed by atoms with Crippen LogP contribution in [0.1, 0.15) is 48.6 Å². The molecule has 2 heteroatoms. The molecule has 0 aliphatic heterocycles. The van der Waals surface area contributed by atoms with Crippen molar-refractivity contribution < 1.29 is 4.42 Å². The minimum atomic E-state index is -0.605. The van der Waals surface area contributed by atoms with Crippen LogP contribution in [0.2, 0.25) is 0 Å². The van der Waals surface area contributed by atoms with Crippen molar-refractivity contribution in [3.8, 4) is 55.6 Å². The molecule has 0 amide bonds. The molecule has 1 aliphatic carbocycles. The van der Waals surface area contributed by atoms with E-state index in [1.165, 1.54) is 55.3 Å². The van der Waals surface area contributed by atoms with Crippen LogP contribution >= 0.6 is 0 Å². The Hall–Kier alpha value is -9.50. The summed E-state index contributed by atoms with van der Waals surface area (Å²) in [6.07, 6.45) is 0. The highest BCUT2D eigenvalue weighted by molar-refractivity contribution is 6.16. The van der Waals surface area contributed by atoms with E-state index in [-0.39, 0.29) is 5.41 Å². The first-order valence-electron chi connectivity index (χ1n) is 26.8. The lowest BCUT2D eigenvalue weighted by Gasteiger charge is -2.35. The van der Waals surface area contributed by atoms with Crippen LogP contribution < -0.4 is 4.90 Å². The molecule has 0 N–H and O–H groups in total. The zero-order valence-corrected chi connectivity index (χ0v) is 43.4. The Morgan fingerprint density at radius 3 is 1.66 bits per heavy atom. The predicted molar refractivity (Wildman–Crippen MR) is 324 cm³/mol. The second-order valence-electron chi connectivity index (χ2n) is 21.5. The number of furan rings is 1. The molecule has 13 aromatic rings. The SMILES string of the molecule is CC(C)(C)c1ccc(-c2ccc(N(c3ccc4c(c3)C(c3ccccc3)(c3ccccc3)c3ccccc3-4)c3ccc4ccccc4c3-c3ccccc3-c3cccc4oc5ccccc5c34)c(-c3ccccc3)c2)cc1. The molecule has 0 saturated heterocycles. The van der Waals surface area contributed by atoms with Gasteiger partial charge in [0.1, 0.15) is 11.2 Å². The van der Waals surface area contributed by atoms with Crippen molar-refractivity contribution in [3.63, 3.8) is 0 Å². The van der Waals surface area contributed by atoms with Gasteiger partial charge in [0.2, 0.25) is 0 Å². The minimum Gasteiger partial charge on any atom is -0.456 e. The summed E-state index contributed by atoms with van der Waals surface area (Å²) in [6.45, 7) is 6.83. The van der Waals surface area contributed by atoms with Gasteiger partial charge in [-0.3, -0.25) is 0 Å². The van der Waals surface area contributed by atoms with E-state index in [0.717, 1.165) is 77.9 Å². The molecule has 2 nitrogen and oxygen atoms in total. The number of para-hydroxylation sites is 1. The van der Waals surface area contributed by atoms with E-state index in [2.05, 4.69) is 305 Å². The largest absolute Gasteiger partial charge is 0.456 e. The van der Waals surface area contributed by atoms with E-state index in [1.807, 2.05) is 0 Å². The fourth-order valence-corrected chi connectivity index (χ4v) is 12.6. The Morgan fingerprint density at radius 2 is 0.922 bits per heavy atom. The molecule has 0 spiro atoms. The minimum absolute atomic E-state index is 0.0446. The Labute approximate surface area is 450 Å². The van der Waals surface area contributed by atoms with E-state index >= 15 is 0 Å². The van der Waals surface area contributed by atoms with Gasteiger partial charge in [-0.15, -0.1) is 0 Å². The average Bonchev–Trinajstić information content (AvgIpc) is 4.04. The summed E-state index contributed by atoms with van der Waals surface area (Å²) in [5, 5.41) is 4.55. The number of hydrogen-bond acceptors (Lipinski definition) is 2. The van der Waals surface area contributed by atoms with Gasteiger partial charge in [-0.25, -0.2) is 0 Å². The van der Waals surface area contributed by atoms with Gasteiger partial charge in [0.15, 0.2) is 0 Å². The van der Waals surface area contributed by atoms with Crippen molar-refractivity contribution in [2.45, 2.75) is 31.6 Å². The lowest BCUT2D eigenvalue weighted by atomic mass is 9.67. The van der Waals surface area contributed by atoms with Crippen LogP contribution in [0.4, 0.5) is 17.1 Å². The lowest BCUT2D eigenvalue weighted by Crippen LogP contribution is -2.28. The molecule has 0 saturated carbocycles. The lowest BCUT2D eigenvalue weighted by molar-refractivity contribution is 0.590. The molecule has 366 valence electrons. The highest BCUT2D eigenvalue weighted by Gasteiger charge is 2.46. The molecule has 1 heterocycles. The van der Waals surface area contributed by atoms with Crippen LogP contribution in [0.15, 0.2) is 283 Å². The second-order valence-corrected chi connectivity index (χ2v) is 21.5. The molecular formula is C75H55NO. The van der Waals surface area contributed by atoms with E-state index < -0.39 is 5.41 Å². The highest BCUT2D eigenvalue weighted by Crippen LogP contribution is 2.58. The Morgan fingerprint density at radius 1 is 0.351 bits per heavy atom. The first-order valence-corrected chi connectivity index (χ1v) is 26.8. The third-order valence-corrected chi connectivity index (χ3v) is 16.1. The summed E-state index contributed by atoms with van der Waals surface area (Å²) in [7, 11) is 0. The van der Waals surface area contributed by atoms with Crippen LogP contribution in [-0.4, -0.2) is 0 Å². The number of anilines is 3. The van der Waals surface area contributed by atoms with Gasteiger partial charge in [-0.05, 0) is 131 Å². The number of benzene rings is 12. The topological polar surface area (TPSA) is 16.4 Å². The molecule has 1 aliphatic rings. The molecule has 12 aromatic carbocycles. The van der Waals surface area contributed by atoms with Gasteiger partial charge in [0, 0.05) is 27.6 Å². The molecule has 14 rings (SSSR count). The first-order chi connectivity index (χ1) is 37.8. The molecule has 0 bridgehead atoms. The molecule has 0 fully saturated rings. The van der Waals surface area contributed by atoms with Crippen molar-refractivity contribution in [2.24, 2.45) is 0 Å². The second kappa shape index (κ2) is 18.4. The van der Waals surface area contributed by atoms with Gasteiger partial charge < -0.3 is 9.32 Å². The van der Waals surface area contributed by atoms with E-state index in [1.54, 1.807) is 0 Å². The first kappa shape index (κ1) is 46.1. The van der Waals surface area contributed by atoms with Crippen molar-refractivity contribution in [2.75, 3.05) is 4.90 Å². The maximum absolute atomic E-state index is 6.56. The summed E-state index contributed by atoms with van der Waals surface area (Å²) >= 11 is 0. The Balaban J connectivity index is 1.09. The van der Waals surface area contributed by atoms with Crippen molar-refractivity contribution >= 4 is 49.8 Å². The standard InChI is InChI=1S/C75H55NO/c1-74(2,3)54-42-38-50(39-43-54)53-41-46-68(65(48-53)51-22-7-4-8-23-51)76(57-44-45-61-60-31-17-19-35-66(60)75(67(61)49-57,55-25-9-5-10-26-55)56-27-11-6-12-28-56)69-47-40-52-24-13-14-29-58(52)72(69)62-32-16-15-30-59(62)63-34-21-37-71-73(63)64-33-18-20-36-70(64)77-71/h4-49H,1-3H3. The van der Waals surface area contributed by atoms with Crippen LogP contribution in [0.3, 0.4) is 0 Å². The molecule has 0 atom stereocenters. The summed E-state index contributed by atoms with van der Waals surface area (Å²) in [4.78, 5) is 2.56. The smallest absolute Gasteiger partial charge is 0.136 e. The third-order valence-electron chi connectivity index (χ3n) is 16.1. The van der Waals surface area contributed by atoms with Crippen molar-refractivity contribution in [1.82, 2.24) is 0 Å². The maximum atomic E-state index is 6.56. The normalized spacial score (nSPS) is 12.7. The van der Waals surface area contributed by atoms with Gasteiger partial charge >= 0.3 is 0 Å². The average molecular weight is 986 g/mol. The third kappa shape index (κ3) is 7.54. The summed E-state index contributed by atoms with van der Waals surface area (Å²) in [5.41, 5.74) is 22.3. The summed E-state index contributed by atoms with van der Waals surface area (Å²) in [6, 6.07) is 103. The van der Waals surface area contributed by atoms with Crippen LogP contribution in [0.25, 0.3) is 88.3 Å². The van der Waals surface area contributed by atoms with Crippen LogP contribution in [-0.2, 0) is 10.8 Å². The van der Waals surface area contributed by atoms with Gasteiger partial charge in [-0.1, -0.05) is 257 Å². The van der Waals surface area contributed by atoms with Gasteiger partial charge in [-0.2, -0.15) is 0 Å². The predicted octanol–water partition coefficient (Wildman–Crippen LogP) is 20.5. The van der Waals surface area contributed by atoms with E-state index in [9.17, 15) is 0 Å². The van der Waals surface area contributed by atoms with Crippen LogP contribution in [0.5, 0.6) is 0 Å². The van der Waals surface area contributed by atoms with Gasteiger partial charge in [0.25, 0.3) is 0 Å². The molecule has 0 unspecified atom stereocenters. The highest BCUT2D eigenvalue weighted by atomic mass is 16.3. The fraction of sp³-hybridized carbons (Fsp3) is 0.0667. The van der Waals surface area contributed by atoms with E-state index in [0.29, 0.717) is 0 Å². The van der Waals surface area contributed by atoms with Crippen molar-refractivity contribution in [1.29, 1.82) is 0 Å². The maximum Gasteiger partial charge on any atom is 0.136 e. The fourth-order valence-electron chi connectivity index (χ4n) is 12.6.